The van der Waals surface area contributed by atoms with Gasteiger partial charge < -0.3 is 0 Å². The molecule has 1 N–H and O–H groups in total. The fourth-order valence-electron chi connectivity index (χ4n) is 2.08. The number of nitrogens with one attached hydrogen (secondary N) is 1. The van der Waals surface area contributed by atoms with Crippen LogP contribution in [0, 0.1) is 0 Å². The van der Waals surface area contributed by atoms with E-state index in [4.69, 9.17) is 11.6 Å². The summed E-state index contributed by atoms with van der Waals surface area (Å²) in [6.45, 7) is 2.02. The zero-order chi connectivity index (χ0) is 15.3. The molecule has 0 fully saturated rings. The summed E-state index contributed by atoms with van der Waals surface area (Å²) < 4.78 is 27.7. The minimum Gasteiger partial charge on any atom is -0.263 e. The summed E-state index contributed by atoms with van der Waals surface area (Å²) in [5.74, 6) is 0. The van der Waals surface area contributed by atoms with Gasteiger partial charge in [-0.05, 0) is 18.1 Å². The predicted octanol–water partition coefficient (Wildman–Crippen LogP) is 3.55. The number of halogens is 1. The largest absolute Gasteiger partial charge is 0.263 e. The Hall–Kier alpha value is -1.43. The van der Waals surface area contributed by atoms with Crippen molar-refractivity contribution in [1.82, 2.24) is 9.71 Å². The van der Waals surface area contributed by atoms with Crippen molar-refractivity contribution in [2.45, 2.75) is 30.7 Å². The lowest BCUT2D eigenvalue weighted by Crippen LogP contribution is -2.29. The second-order valence-corrected chi connectivity index (χ2v) is 6.77. The van der Waals surface area contributed by atoms with Gasteiger partial charge in [0.25, 0.3) is 0 Å². The quantitative estimate of drug-likeness (QED) is 0.884. The van der Waals surface area contributed by atoms with E-state index in [1.54, 1.807) is 0 Å². The Morgan fingerprint density at radius 3 is 2.57 bits per heavy atom. The maximum Gasteiger partial charge on any atom is 0.244 e. The molecule has 1 atom stereocenters. The first-order valence-electron chi connectivity index (χ1n) is 6.71. The third-order valence-corrected chi connectivity index (χ3v) is 5.04. The van der Waals surface area contributed by atoms with Crippen molar-refractivity contribution in [3.8, 4) is 0 Å². The van der Waals surface area contributed by atoms with Gasteiger partial charge in [-0.15, -0.1) is 0 Å². The van der Waals surface area contributed by atoms with E-state index < -0.39 is 10.0 Å². The number of sulfonamides is 1. The average Bonchev–Trinajstić information content (AvgIpc) is 2.48. The standard InChI is InChI=1S/C15H17ClN2O2S/c1-2-6-14(12-7-4-3-5-8-12)18-21(19,20)15-11-17-10-9-13(15)16/h3-5,7-11,14,18H,2,6H2,1H3. The molecular weight excluding hydrogens is 308 g/mol. The second kappa shape index (κ2) is 7.02. The third kappa shape index (κ3) is 4.03. The van der Waals surface area contributed by atoms with E-state index in [9.17, 15) is 8.42 Å². The molecule has 0 radical (unpaired) electrons. The van der Waals surface area contributed by atoms with Gasteiger partial charge in [0, 0.05) is 18.4 Å². The molecule has 21 heavy (non-hydrogen) atoms. The Labute approximate surface area is 130 Å². The van der Waals surface area contributed by atoms with Gasteiger partial charge >= 0.3 is 0 Å². The van der Waals surface area contributed by atoms with Crippen LogP contribution in [0.1, 0.15) is 31.4 Å². The number of hydrogen-bond donors (Lipinski definition) is 1. The van der Waals surface area contributed by atoms with Crippen molar-refractivity contribution in [3.05, 3.63) is 59.4 Å². The van der Waals surface area contributed by atoms with Crippen LogP contribution in [0.2, 0.25) is 5.02 Å². The fraction of sp³-hybridized carbons (Fsp3) is 0.267. The zero-order valence-electron chi connectivity index (χ0n) is 11.7. The molecule has 0 spiro atoms. The van der Waals surface area contributed by atoms with Gasteiger partial charge in [-0.3, -0.25) is 4.98 Å². The number of rotatable bonds is 6. The number of hydrogen-bond acceptors (Lipinski definition) is 3. The lowest BCUT2D eigenvalue weighted by atomic mass is 10.0. The van der Waals surface area contributed by atoms with Gasteiger partial charge in [0.1, 0.15) is 4.90 Å². The summed E-state index contributed by atoms with van der Waals surface area (Å²) >= 11 is 5.96. The van der Waals surface area contributed by atoms with Crippen LogP contribution >= 0.6 is 11.6 Å². The lowest BCUT2D eigenvalue weighted by Gasteiger charge is -2.19. The first-order valence-corrected chi connectivity index (χ1v) is 8.57. The topological polar surface area (TPSA) is 59.1 Å². The highest BCUT2D eigenvalue weighted by Gasteiger charge is 2.23. The Bertz CT molecular complexity index is 690. The Morgan fingerprint density at radius 1 is 1.24 bits per heavy atom. The van der Waals surface area contributed by atoms with E-state index in [0.717, 1.165) is 12.0 Å². The summed E-state index contributed by atoms with van der Waals surface area (Å²) in [4.78, 5) is 3.84. The van der Waals surface area contributed by atoms with E-state index in [1.807, 2.05) is 37.3 Å². The van der Waals surface area contributed by atoms with Gasteiger partial charge in [-0.2, -0.15) is 0 Å². The smallest absolute Gasteiger partial charge is 0.244 e. The maximum atomic E-state index is 12.5. The van der Waals surface area contributed by atoms with Crippen molar-refractivity contribution in [2.24, 2.45) is 0 Å². The Kier molecular flexibility index (Phi) is 5.33. The molecule has 2 aromatic rings. The molecule has 1 heterocycles. The van der Waals surface area contributed by atoms with Crippen LogP contribution in [0.4, 0.5) is 0 Å². The molecule has 4 nitrogen and oxygen atoms in total. The fourth-order valence-corrected chi connectivity index (χ4v) is 3.77. The number of nitrogens with zero attached hydrogens (tertiary/aromatic N) is 1. The first kappa shape index (κ1) is 15.9. The summed E-state index contributed by atoms with van der Waals surface area (Å²) in [5.41, 5.74) is 0.933. The Balaban J connectivity index is 2.30. The van der Waals surface area contributed by atoms with Crippen LogP contribution in [-0.2, 0) is 10.0 Å². The van der Waals surface area contributed by atoms with Crippen molar-refractivity contribution < 1.29 is 8.42 Å². The van der Waals surface area contributed by atoms with Gasteiger partial charge in [0.2, 0.25) is 10.0 Å². The van der Waals surface area contributed by atoms with E-state index in [-0.39, 0.29) is 16.0 Å². The molecule has 0 aliphatic carbocycles. The van der Waals surface area contributed by atoms with Crippen LogP contribution < -0.4 is 4.72 Å². The van der Waals surface area contributed by atoms with Crippen LogP contribution in [0.15, 0.2) is 53.7 Å². The molecule has 112 valence electrons. The SMILES string of the molecule is CCCC(NS(=O)(=O)c1cnccc1Cl)c1ccccc1. The molecule has 6 heteroatoms. The number of pyridine rings is 1. The Morgan fingerprint density at radius 2 is 1.95 bits per heavy atom. The van der Waals surface area contributed by atoms with E-state index >= 15 is 0 Å². The third-order valence-electron chi connectivity index (χ3n) is 3.10. The van der Waals surface area contributed by atoms with Gasteiger partial charge in [-0.1, -0.05) is 55.3 Å². The molecule has 0 aliphatic heterocycles. The van der Waals surface area contributed by atoms with Crippen molar-refractivity contribution in [3.63, 3.8) is 0 Å². The summed E-state index contributed by atoms with van der Waals surface area (Å²) in [7, 11) is -3.70. The molecule has 0 saturated heterocycles. The molecular formula is C15H17ClN2O2S. The number of aromatic nitrogens is 1. The van der Waals surface area contributed by atoms with Crippen LogP contribution in [0.25, 0.3) is 0 Å². The molecule has 1 aromatic carbocycles. The van der Waals surface area contributed by atoms with Crippen molar-refractivity contribution >= 4 is 21.6 Å². The minimum atomic E-state index is -3.70. The molecule has 1 unspecified atom stereocenters. The summed E-state index contributed by atoms with van der Waals surface area (Å²) in [5, 5.41) is 0.167. The van der Waals surface area contributed by atoms with Crippen LogP contribution in [-0.4, -0.2) is 13.4 Å². The van der Waals surface area contributed by atoms with Crippen molar-refractivity contribution in [1.29, 1.82) is 0 Å². The molecule has 0 saturated carbocycles. The maximum absolute atomic E-state index is 12.5. The van der Waals surface area contributed by atoms with Gasteiger partial charge in [0.15, 0.2) is 0 Å². The van der Waals surface area contributed by atoms with E-state index in [2.05, 4.69) is 9.71 Å². The van der Waals surface area contributed by atoms with Crippen molar-refractivity contribution in [2.75, 3.05) is 0 Å². The summed E-state index contributed by atoms with van der Waals surface area (Å²) in [6, 6.07) is 10.7. The lowest BCUT2D eigenvalue weighted by molar-refractivity contribution is 0.536. The van der Waals surface area contributed by atoms with E-state index in [0.29, 0.717) is 6.42 Å². The normalized spacial score (nSPS) is 13.0. The van der Waals surface area contributed by atoms with Gasteiger partial charge in [0.05, 0.1) is 5.02 Å². The van der Waals surface area contributed by atoms with Crippen LogP contribution in [0.5, 0.6) is 0 Å². The molecule has 0 amide bonds. The minimum absolute atomic E-state index is 0.00343. The monoisotopic (exact) mass is 324 g/mol. The van der Waals surface area contributed by atoms with Crippen LogP contribution in [0.3, 0.4) is 0 Å². The van der Waals surface area contributed by atoms with E-state index in [1.165, 1.54) is 18.5 Å². The molecule has 1 aromatic heterocycles. The second-order valence-electron chi connectivity index (χ2n) is 4.68. The highest BCUT2D eigenvalue weighted by atomic mass is 35.5. The highest BCUT2D eigenvalue weighted by molar-refractivity contribution is 7.89. The molecule has 0 bridgehead atoms. The summed E-state index contributed by atoms with van der Waals surface area (Å²) in [6.07, 6.45) is 4.30. The average molecular weight is 325 g/mol. The molecule has 2 rings (SSSR count). The molecule has 0 aliphatic rings. The first-order chi connectivity index (χ1) is 10.0. The predicted molar refractivity (Wildman–Crippen MR) is 83.7 cm³/mol. The zero-order valence-corrected chi connectivity index (χ0v) is 13.2. The van der Waals surface area contributed by atoms with Gasteiger partial charge in [-0.25, -0.2) is 13.1 Å². The number of benzene rings is 1. The highest BCUT2D eigenvalue weighted by Crippen LogP contribution is 2.24.